The molecule has 3 aromatic rings. The summed E-state index contributed by atoms with van der Waals surface area (Å²) in [6.45, 7) is 9.76. The molecule has 0 aliphatic carbocycles. The Balaban J connectivity index is 1.49. The van der Waals surface area contributed by atoms with E-state index in [4.69, 9.17) is 9.15 Å². The second-order valence-electron chi connectivity index (χ2n) is 10.5. The van der Waals surface area contributed by atoms with Gasteiger partial charge in [0.2, 0.25) is 11.8 Å². The first-order valence-corrected chi connectivity index (χ1v) is 13.1. The molecule has 1 N–H and O–H groups in total. The maximum absolute atomic E-state index is 13.2. The molecule has 1 aromatic heterocycles. The molecule has 1 atom stereocenters. The third-order valence-corrected chi connectivity index (χ3v) is 6.52. The van der Waals surface area contributed by atoms with Crippen molar-refractivity contribution >= 4 is 11.8 Å². The average molecular weight is 504 g/mol. The smallest absolute Gasteiger partial charge is 0.273 e. The Morgan fingerprint density at radius 3 is 2.62 bits per heavy atom. The Morgan fingerprint density at radius 1 is 1.11 bits per heavy atom. The first-order valence-electron chi connectivity index (χ1n) is 13.1. The molecule has 7 heteroatoms. The Hall–Kier alpha value is -3.61. The van der Waals surface area contributed by atoms with Gasteiger partial charge >= 0.3 is 0 Å². The molecule has 1 aliphatic heterocycles. The number of nitrogens with one attached hydrogen (secondary N) is 1. The minimum atomic E-state index is -0.249. The Kier molecular flexibility index (Phi) is 8.64. The number of aromatic nitrogens is 1. The van der Waals surface area contributed by atoms with E-state index in [9.17, 15) is 9.59 Å². The molecule has 0 radical (unpaired) electrons. The van der Waals surface area contributed by atoms with Crippen LogP contribution < -0.4 is 10.1 Å². The van der Waals surface area contributed by atoms with E-state index in [2.05, 4.69) is 56.2 Å². The van der Waals surface area contributed by atoms with E-state index < -0.39 is 0 Å². The highest BCUT2D eigenvalue weighted by Crippen LogP contribution is 2.37. The van der Waals surface area contributed by atoms with Crippen molar-refractivity contribution < 1.29 is 18.7 Å². The van der Waals surface area contributed by atoms with E-state index in [1.54, 1.807) is 0 Å². The maximum atomic E-state index is 13.2. The molecule has 0 fully saturated rings. The van der Waals surface area contributed by atoms with Crippen LogP contribution in [0.5, 0.6) is 5.75 Å². The number of amides is 2. The highest BCUT2D eigenvalue weighted by molar-refractivity contribution is 5.91. The summed E-state index contributed by atoms with van der Waals surface area (Å²) < 4.78 is 11.5. The minimum Gasteiger partial charge on any atom is -0.484 e. The van der Waals surface area contributed by atoms with Crippen LogP contribution in [0.1, 0.15) is 79.6 Å². The molecular formula is C30H37N3O4. The van der Waals surface area contributed by atoms with Crippen molar-refractivity contribution in [3.8, 4) is 5.75 Å². The van der Waals surface area contributed by atoms with Gasteiger partial charge in [0, 0.05) is 19.5 Å². The average Bonchev–Trinajstić information content (AvgIpc) is 3.36. The lowest BCUT2D eigenvalue weighted by molar-refractivity contribution is -0.134. The molecule has 2 heterocycles. The highest BCUT2D eigenvalue weighted by Gasteiger charge is 2.32. The Morgan fingerprint density at radius 2 is 1.89 bits per heavy atom. The molecule has 0 spiro atoms. The molecule has 37 heavy (non-hydrogen) atoms. The van der Waals surface area contributed by atoms with Crippen LogP contribution in [-0.2, 0) is 17.8 Å². The number of hydrogen-bond acceptors (Lipinski definition) is 5. The predicted octanol–water partition coefficient (Wildman–Crippen LogP) is 5.55. The number of hydrogen-bond donors (Lipinski definition) is 1. The zero-order chi connectivity index (χ0) is 26.4. The van der Waals surface area contributed by atoms with Crippen LogP contribution in [0.2, 0.25) is 0 Å². The van der Waals surface area contributed by atoms with Crippen LogP contribution in [0.15, 0.2) is 59.2 Å². The zero-order valence-electron chi connectivity index (χ0n) is 22.2. The third kappa shape index (κ3) is 6.79. The first-order chi connectivity index (χ1) is 17.8. The van der Waals surface area contributed by atoms with Gasteiger partial charge in [0.1, 0.15) is 12.0 Å². The van der Waals surface area contributed by atoms with Crippen molar-refractivity contribution in [1.82, 2.24) is 15.2 Å². The monoisotopic (exact) mass is 503 g/mol. The van der Waals surface area contributed by atoms with E-state index in [0.29, 0.717) is 43.0 Å². The van der Waals surface area contributed by atoms with Crippen molar-refractivity contribution in [1.29, 1.82) is 0 Å². The van der Waals surface area contributed by atoms with Gasteiger partial charge in [-0.3, -0.25) is 9.59 Å². The van der Waals surface area contributed by atoms with Gasteiger partial charge in [0.15, 0.2) is 12.3 Å². The minimum absolute atomic E-state index is 0.101. The molecule has 0 bridgehead atoms. The topological polar surface area (TPSA) is 84.7 Å². The fraction of sp³-hybridized carbons (Fsp3) is 0.433. The van der Waals surface area contributed by atoms with E-state index in [-0.39, 0.29) is 30.2 Å². The quantitative estimate of drug-likeness (QED) is 0.392. The largest absolute Gasteiger partial charge is 0.484 e. The van der Waals surface area contributed by atoms with Crippen molar-refractivity contribution in [2.24, 2.45) is 11.8 Å². The summed E-state index contributed by atoms with van der Waals surface area (Å²) in [6, 6.07) is 16.0. The molecule has 0 saturated heterocycles. The summed E-state index contributed by atoms with van der Waals surface area (Å²) in [6.07, 6.45) is 3.59. The van der Waals surface area contributed by atoms with Crippen LogP contribution in [0, 0.1) is 11.8 Å². The van der Waals surface area contributed by atoms with Crippen LogP contribution in [-0.4, -0.2) is 34.8 Å². The Bertz CT molecular complexity index is 1200. The van der Waals surface area contributed by atoms with Crippen LogP contribution >= 0.6 is 0 Å². The van der Waals surface area contributed by atoms with Gasteiger partial charge in [-0.05, 0) is 53.5 Å². The number of fused-ring (bicyclic) bond motifs is 1. The second kappa shape index (κ2) is 12.1. The third-order valence-electron chi connectivity index (χ3n) is 6.52. The van der Waals surface area contributed by atoms with Crippen molar-refractivity contribution in [2.75, 3.05) is 13.1 Å². The number of carbonyl (C=O) groups excluding carboxylic acids is 2. The van der Waals surface area contributed by atoms with E-state index in [1.807, 2.05) is 35.2 Å². The predicted molar refractivity (Wildman–Crippen MR) is 142 cm³/mol. The fourth-order valence-electron chi connectivity index (χ4n) is 4.60. The summed E-state index contributed by atoms with van der Waals surface area (Å²) in [5.74, 6) is 1.73. The van der Waals surface area contributed by atoms with Gasteiger partial charge < -0.3 is 19.4 Å². The fourth-order valence-corrected chi connectivity index (χ4v) is 4.60. The molecule has 2 aromatic carbocycles. The summed E-state index contributed by atoms with van der Waals surface area (Å²) in [5, 5.41) is 2.86. The van der Waals surface area contributed by atoms with E-state index >= 15 is 0 Å². The number of benzene rings is 2. The van der Waals surface area contributed by atoms with Gasteiger partial charge in [0.25, 0.3) is 5.91 Å². The van der Waals surface area contributed by atoms with Crippen LogP contribution in [0.4, 0.5) is 0 Å². The van der Waals surface area contributed by atoms with Crippen molar-refractivity contribution in [3.05, 3.63) is 83.1 Å². The molecule has 196 valence electrons. The van der Waals surface area contributed by atoms with Gasteiger partial charge in [-0.1, -0.05) is 64.1 Å². The number of rotatable bonds is 10. The second-order valence-corrected chi connectivity index (χ2v) is 10.5. The van der Waals surface area contributed by atoms with Crippen LogP contribution in [0.3, 0.4) is 0 Å². The summed E-state index contributed by atoms with van der Waals surface area (Å²) in [5.41, 5.74) is 3.62. The molecule has 4 rings (SSSR count). The normalized spacial score (nSPS) is 15.1. The lowest BCUT2D eigenvalue weighted by atomic mass is 9.87. The molecule has 7 nitrogen and oxygen atoms in total. The SMILES string of the molecule is CC(C)CCNC(=O)c1coc(COc2ccc3c(c2)[C@@H](c2ccccc2)N(C(=O)CC(C)C)CC3)n1. The molecule has 0 unspecified atom stereocenters. The summed E-state index contributed by atoms with van der Waals surface area (Å²) in [7, 11) is 0. The number of carbonyl (C=O) groups is 2. The van der Waals surface area contributed by atoms with Crippen LogP contribution in [0.25, 0.3) is 0 Å². The maximum Gasteiger partial charge on any atom is 0.273 e. The summed E-state index contributed by atoms with van der Waals surface area (Å²) >= 11 is 0. The zero-order valence-corrected chi connectivity index (χ0v) is 22.2. The molecule has 1 aliphatic rings. The lowest BCUT2D eigenvalue weighted by Crippen LogP contribution is -2.41. The van der Waals surface area contributed by atoms with Gasteiger partial charge in [-0.2, -0.15) is 0 Å². The number of ether oxygens (including phenoxy) is 1. The van der Waals surface area contributed by atoms with Gasteiger partial charge in [0.05, 0.1) is 6.04 Å². The lowest BCUT2D eigenvalue weighted by Gasteiger charge is -2.38. The highest BCUT2D eigenvalue weighted by atomic mass is 16.5. The first kappa shape index (κ1) is 26.5. The van der Waals surface area contributed by atoms with Crippen molar-refractivity contribution in [2.45, 2.75) is 59.6 Å². The van der Waals surface area contributed by atoms with E-state index in [0.717, 1.165) is 24.0 Å². The standard InChI is InChI=1S/C30H37N3O4/c1-20(2)12-14-31-30(35)26-18-37-27(32-26)19-36-24-11-10-22-13-15-33(28(34)16-21(3)4)29(25(22)17-24)23-8-6-5-7-9-23/h5-11,17-18,20-21,29H,12-16,19H2,1-4H3,(H,31,35)/t29-/m1/s1. The molecule has 0 saturated carbocycles. The van der Waals surface area contributed by atoms with Gasteiger partial charge in [-0.25, -0.2) is 4.98 Å². The van der Waals surface area contributed by atoms with E-state index in [1.165, 1.54) is 11.8 Å². The molecular weight excluding hydrogens is 466 g/mol. The van der Waals surface area contributed by atoms with Gasteiger partial charge in [-0.15, -0.1) is 0 Å². The Labute approximate surface area is 219 Å². The van der Waals surface area contributed by atoms with Crippen molar-refractivity contribution in [3.63, 3.8) is 0 Å². The molecule has 2 amide bonds. The number of oxazole rings is 1. The summed E-state index contributed by atoms with van der Waals surface area (Å²) in [4.78, 5) is 31.8. The number of nitrogens with zero attached hydrogens (tertiary/aromatic N) is 2.